The summed E-state index contributed by atoms with van der Waals surface area (Å²) >= 11 is 0. The van der Waals surface area contributed by atoms with E-state index in [1.165, 1.54) is 7.11 Å². The van der Waals surface area contributed by atoms with Crippen LogP contribution in [0.25, 0.3) is 0 Å². The average Bonchev–Trinajstić information content (AvgIpc) is 3.61. The minimum absolute atomic E-state index is 0.225. The number of morpholine rings is 1. The van der Waals surface area contributed by atoms with E-state index >= 15 is 0 Å². The molecule has 0 saturated carbocycles. The number of nitrogens with one attached hydrogen (secondary N) is 2. The molecule has 3 aliphatic rings. The van der Waals surface area contributed by atoms with E-state index in [1.807, 2.05) is 97.1 Å². The van der Waals surface area contributed by atoms with Crippen LogP contribution in [-0.4, -0.2) is 67.9 Å². The highest BCUT2D eigenvalue weighted by atomic mass is 16.5. The van der Waals surface area contributed by atoms with Gasteiger partial charge in [0.2, 0.25) is 0 Å². The Labute approximate surface area is 246 Å². The smallest absolute Gasteiger partial charge is 0.337 e. The lowest BCUT2D eigenvalue weighted by atomic mass is 9.78. The van der Waals surface area contributed by atoms with Crippen LogP contribution in [0, 0.1) is 0 Å². The maximum atomic E-state index is 13.8. The Balaban J connectivity index is 1.29. The van der Waals surface area contributed by atoms with E-state index in [2.05, 4.69) is 15.5 Å². The number of anilines is 2. The fraction of sp³-hybridized carbons (Fsp3) is 0.294. The summed E-state index contributed by atoms with van der Waals surface area (Å²) in [6.45, 7) is 4.14. The highest BCUT2D eigenvalue weighted by Gasteiger charge is 2.58. The van der Waals surface area contributed by atoms with E-state index < -0.39 is 23.7 Å². The third-order valence-corrected chi connectivity index (χ3v) is 8.06. The van der Waals surface area contributed by atoms with Crippen molar-refractivity contribution in [1.82, 2.24) is 4.90 Å². The summed E-state index contributed by atoms with van der Waals surface area (Å²) in [5, 5.41) is 6.58. The number of methoxy groups -OCH3 is 1. The zero-order chi connectivity index (χ0) is 28.9. The van der Waals surface area contributed by atoms with E-state index in [9.17, 15) is 9.59 Å². The first kappa shape index (κ1) is 27.9. The molecule has 1 fully saturated rings. The largest absolute Gasteiger partial charge is 0.466 e. The highest BCUT2D eigenvalue weighted by molar-refractivity contribution is 6.12. The summed E-state index contributed by atoms with van der Waals surface area (Å²) < 4.78 is 17.2. The lowest BCUT2D eigenvalue weighted by Crippen LogP contribution is -2.49. The maximum Gasteiger partial charge on any atom is 0.337 e. The maximum absolute atomic E-state index is 13.8. The number of rotatable bonds is 10. The Morgan fingerprint density at radius 1 is 0.929 bits per heavy atom. The van der Waals surface area contributed by atoms with Crippen LogP contribution in [0.5, 0.6) is 0 Å². The van der Waals surface area contributed by atoms with E-state index in [4.69, 9.17) is 14.2 Å². The topological polar surface area (TPSA) is 89.1 Å². The number of benzene rings is 3. The normalized spacial score (nSPS) is 22.2. The molecule has 0 spiro atoms. The van der Waals surface area contributed by atoms with Crippen molar-refractivity contribution in [2.45, 2.75) is 30.7 Å². The van der Waals surface area contributed by atoms with Gasteiger partial charge in [0.05, 0.1) is 37.5 Å². The van der Waals surface area contributed by atoms with Crippen LogP contribution in [0.15, 0.2) is 108 Å². The van der Waals surface area contributed by atoms with Gasteiger partial charge in [0, 0.05) is 31.0 Å². The molecule has 6 rings (SSSR count). The Morgan fingerprint density at radius 3 is 2.31 bits per heavy atom. The third kappa shape index (κ3) is 5.74. The van der Waals surface area contributed by atoms with Gasteiger partial charge in [-0.05, 0) is 47.9 Å². The molecule has 216 valence electrons. The Morgan fingerprint density at radius 2 is 1.62 bits per heavy atom. The standard InChI is InChI=1S/C34H35N3O5/c1-40-33(39)31-30(32(38)36-27-14-12-25(13-15-27)23-37-18-20-41-21-19-37)28-16-17-34(31,42-28)29(22-24-8-4-2-5-9-24)35-26-10-6-3-7-11-26/h2-17,28-29,35H,18-23H2,1H3,(H,36,38). The van der Waals surface area contributed by atoms with Gasteiger partial charge < -0.3 is 24.8 Å². The van der Waals surface area contributed by atoms with Crippen molar-refractivity contribution in [2.24, 2.45) is 0 Å². The lowest BCUT2D eigenvalue weighted by molar-refractivity contribution is -0.138. The van der Waals surface area contributed by atoms with Crippen molar-refractivity contribution < 1.29 is 23.8 Å². The lowest BCUT2D eigenvalue weighted by Gasteiger charge is -2.36. The third-order valence-electron chi connectivity index (χ3n) is 8.06. The van der Waals surface area contributed by atoms with E-state index in [0.717, 1.165) is 49.7 Å². The molecule has 3 atom stereocenters. The molecular weight excluding hydrogens is 530 g/mol. The van der Waals surface area contributed by atoms with Crippen molar-refractivity contribution >= 4 is 23.3 Å². The second-order valence-corrected chi connectivity index (χ2v) is 10.8. The van der Waals surface area contributed by atoms with Crippen molar-refractivity contribution in [3.8, 4) is 0 Å². The predicted molar refractivity (Wildman–Crippen MR) is 161 cm³/mol. The molecule has 8 heteroatoms. The first-order valence-electron chi connectivity index (χ1n) is 14.3. The van der Waals surface area contributed by atoms with Crippen LogP contribution in [0.2, 0.25) is 0 Å². The summed E-state index contributed by atoms with van der Waals surface area (Å²) in [5.41, 5.74) is 3.06. The van der Waals surface area contributed by atoms with Crippen molar-refractivity contribution in [1.29, 1.82) is 0 Å². The number of amides is 1. The van der Waals surface area contributed by atoms with Gasteiger partial charge in [0.1, 0.15) is 11.7 Å². The fourth-order valence-electron chi connectivity index (χ4n) is 5.96. The summed E-state index contributed by atoms with van der Waals surface area (Å²) in [6.07, 6.45) is 3.63. The quantitative estimate of drug-likeness (QED) is 0.279. The molecule has 8 nitrogen and oxygen atoms in total. The molecule has 3 heterocycles. The molecule has 2 N–H and O–H groups in total. The molecule has 0 aliphatic carbocycles. The van der Waals surface area contributed by atoms with Crippen LogP contribution in [0.3, 0.4) is 0 Å². The van der Waals surface area contributed by atoms with Crippen LogP contribution in [0.4, 0.5) is 11.4 Å². The molecule has 1 saturated heterocycles. The number of carbonyl (C=O) groups excluding carboxylic acids is 2. The zero-order valence-corrected chi connectivity index (χ0v) is 23.6. The number of para-hydroxylation sites is 1. The number of esters is 1. The van der Waals surface area contributed by atoms with Gasteiger partial charge >= 0.3 is 5.97 Å². The summed E-state index contributed by atoms with van der Waals surface area (Å²) in [6, 6.07) is 27.2. The van der Waals surface area contributed by atoms with Crippen molar-refractivity contribution in [3.63, 3.8) is 0 Å². The SMILES string of the molecule is COC(=O)C1=C(C(=O)Nc2ccc(CN3CCOCC3)cc2)C2C=CC1(C(Cc1ccccc1)Nc1ccccc1)O2. The number of hydrogen-bond acceptors (Lipinski definition) is 7. The Kier molecular flexibility index (Phi) is 8.19. The summed E-state index contributed by atoms with van der Waals surface area (Å²) in [7, 11) is 1.33. The second-order valence-electron chi connectivity index (χ2n) is 10.8. The van der Waals surface area contributed by atoms with Gasteiger partial charge in [-0.15, -0.1) is 0 Å². The predicted octanol–water partition coefficient (Wildman–Crippen LogP) is 4.36. The Bertz CT molecular complexity index is 1420. The van der Waals surface area contributed by atoms with E-state index in [1.54, 1.807) is 0 Å². The first-order chi connectivity index (χ1) is 20.6. The van der Waals surface area contributed by atoms with Crippen molar-refractivity contribution in [2.75, 3.05) is 44.0 Å². The van der Waals surface area contributed by atoms with Crippen LogP contribution < -0.4 is 10.6 Å². The van der Waals surface area contributed by atoms with Gasteiger partial charge in [-0.2, -0.15) is 0 Å². The minimum atomic E-state index is -1.20. The number of fused-ring (bicyclic) bond motifs is 2. The molecule has 3 aromatic carbocycles. The van der Waals surface area contributed by atoms with Crippen molar-refractivity contribution in [3.05, 3.63) is 119 Å². The fourth-order valence-corrected chi connectivity index (χ4v) is 5.96. The van der Waals surface area contributed by atoms with Crippen LogP contribution in [-0.2, 0) is 36.8 Å². The number of nitrogens with zero attached hydrogens (tertiary/aromatic N) is 1. The number of carbonyl (C=O) groups is 2. The number of hydrogen-bond donors (Lipinski definition) is 2. The van der Waals surface area contributed by atoms with E-state index in [0.29, 0.717) is 12.1 Å². The van der Waals surface area contributed by atoms with Crippen LogP contribution in [0.1, 0.15) is 11.1 Å². The molecule has 42 heavy (non-hydrogen) atoms. The molecule has 3 unspecified atom stereocenters. The van der Waals surface area contributed by atoms with Gasteiger partial charge in [-0.25, -0.2) is 4.79 Å². The number of ether oxygens (including phenoxy) is 3. The second kappa shape index (κ2) is 12.3. The van der Waals surface area contributed by atoms with E-state index in [-0.39, 0.29) is 17.1 Å². The summed E-state index contributed by atoms with van der Waals surface area (Å²) in [5.74, 6) is -0.966. The summed E-state index contributed by atoms with van der Waals surface area (Å²) in [4.78, 5) is 29.5. The molecule has 0 aromatic heterocycles. The van der Waals surface area contributed by atoms with Gasteiger partial charge in [0.25, 0.3) is 5.91 Å². The van der Waals surface area contributed by atoms with Gasteiger partial charge in [-0.3, -0.25) is 9.69 Å². The van der Waals surface area contributed by atoms with Gasteiger partial charge in [-0.1, -0.05) is 66.7 Å². The highest BCUT2D eigenvalue weighted by Crippen LogP contribution is 2.47. The molecular formula is C34H35N3O5. The Hall–Kier alpha value is -4.24. The van der Waals surface area contributed by atoms with Gasteiger partial charge in [0.15, 0.2) is 0 Å². The average molecular weight is 566 g/mol. The molecule has 1 amide bonds. The first-order valence-corrected chi connectivity index (χ1v) is 14.3. The molecule has 3 aliphatic heterocycles. The molecule has 0 radical (unpaired) electrons. The molecule has 3 aromatic rings. The zero-order valence-electron chi connectivity index (χ0n) is 23.6. The minimum Gasteiger partial charge on any atom is -0.466 e. The molecule has 2 bridgehead atoms. The monoisotopic (exact) mass is 565 g/mol. The van der Waals surface area contributed by atoms with Crippen LogP contribution >= 0.6 is 0 Å².